The fraction of sp³-hybridized carbons (Fsp3) is 0.385. The van der Waals surface area contributed by atoms with Gasteiger partial charge in [-0.3, -0.25) is 4.68 Å². The Bertz CT molecular complexity index is 475. The van der Waals surface area contributed by atoms with Crippen LogP contribution in [0.3, 0.4) is 0 Å². The van der Waals surface area contributed by atoms with Gasteiger partial charge in [-0.15, -0.1) is 0 Å². The van der Waals surface area contributed by atoms with Crippen LogP contribution < -0.4 is 5.73 Å². The van der Waals surface area contributed by atoms with Gasteiger partial charge in [0, 0.05) is 19.5 Å². The highest BCUT2D eigenvalue weighted by atomic mass is 15.3. The number of nitrogens with zero attached hydrogens (tertiary/aromatic N) is 3. The molecule has 0 fully saturated rings. The molecule has 1 aromatic carbocycles. The summed E-state index contributed by atoms with van der Waals surface area (Å²) in [5.74, 6) is 1.81. The molecule has 1 unspecified atom stereocenters. The highest BCUT2D eigenvalue weighted by molar-refractivity contribution is 5.18. The second-order valence-corrected chi connectivity index (χ2v) is 4.25. The summed E-state index contributed by atoms with van der Waals surface area (Å²) in [6.07, 6.45) is 1.74. The summed E-state index contributed by atoms with van der Waals surface area (Å²) in [6.45, 7) is 1.90. The van der Waals surface area contributed by atoms with Crippen molar-refractivity contribution in [2.75, 3.05) is 0 Å². The lowest BCUT2D eigenvalue weighted by molar-refractivity contribution is 0.605. The summed E-state index contributed by atoms with van der Waals surface area (Å²) in [6, 6.07) is 10.2. The molecule has 2 rings (SSSR count). The molecule has 0 aliphatic rings. The van der Waals surface area contributed by atoms with Gasteiger partial charge in [0.25, 0.3) is 0 Å². The summed E-state index contributed by atoms with van der Waals surface area (Å²) in [4.78, 5) is 4.37. The van der Waals surface area contributed by atoms with Crippen LogP contribution in [0.1, 0.15) is 29.7 Å². The van der Waals surface area contributed by atoms with E-state index >= 15 is 0 Å². The number of nitrogens with two attached hydrogens (primary N) is 1. The van der Waals surface area contributed by atoms with Gasteiger partial charge < -0.3 is 5.73 Å². The Labute approximate surface area is 101 Å². The van der Waals surface area contributed by atoms with Gasteiger partial charge in [0.15, 0.2) is 0 Å². The first-order chi connectivity index (χ1) is 8.16. The van der Waals surface area contributed by atoms with Gasteiger partial charge in [0.2, 0.25) is 0 Å². The summed E-state index contributed by atoms with van der Waals surface area (Å²) < 4.78 is 1.83. The molecule has 0 saturated carbocycles. The lowest BCUT2D eigenvalue weighted by Crippen LogP contribution is -2.12. The zero-order valence-electron chi connectivity index (χ0n) is 10.3. The molecule has 4 heteroatoms. The average molecular weight is 230 g/mol. The van der Waals surface area contributed by atoms with E-state index in [1.54, 1.807) is 0 Å². The molecule has 0 aliphatic heterocycles. The first-order valence-corrected chi connectivity index (χ1v) is 5.84. The predicted molar refractivity (Wildman–Crippen MR) is 67.4 cm³/mol. The summed E-state index contributed by atoms with van der Waals surface area (Å²) in [5, 5.41) is 4.23. The van der Waals surface area contributed by atoms with E-state index in [1.165, 1.54) is 5.56 Å². The topological polar surface area (TPSA) is 56.7 Å². The largest absolute Gasteiger partial charge is 0.324 e. The molecule has 1 aromatic heterocycles. The van der Waals surface area contributed by atoms with Gasteiger partial charge in [0.1, 0.15) is 11.6 Å². The second kappa shape index (κ2) is 5.10. The smallest absolute Gasteiger partial charge is 0.147 e. The van der Waals surface area contributed by atoms with E-state index in [9.17, 15) is 0 Å². The van der Waals surface area contributed by atoms with Crippen molar-refractivity contribution in [1.82, 2.24) is 14.8 Å². The van der Waals surface area contributed by atoms with E-state index < -0.39 is 0 Å². The van der Waals surface area contributed by atoms with E-state index in [0.29, 0.717) is 0 Å². The van der Waals surface area contributed by atoms with Crippen molar-refractivity contribution < 1.29 is 0 Å². The predicted octanol–water partition coefficient (Wildman–Crippen LogP) is 1.76. The lowest BCUT2D eigenvalue weighted by Gasteiger charge is -2.11. The lowest BCUT2D eigenvalue weighted by atomic mass is 10.0. The van der Waals surface area contributed by atoms with Gasteiger partial charge in [-0.05, 0) is 18.9 Å². The SMILES string of the molecule is Cc1nc(CCC(N)c2ccccc2)n(C)n1. The second-order valence-electron chi connectivity index (χ2n) is 4.25. The van der Waals surface area contributed by atoms with Crippen LogP contribution in [0.5, 0.6) is 0 Å². The molecule has 90 valence electrons. The molecular weight excluding hydrogens is 212 g/mol. The van der Waals surface area contributed by atoms with Gasteiger partial charge in [0.05, 0.1) is 0 Å². The van der Waals surface area contributed by atoms with E-state index in [2.05, 4.69) is 22.2 Å². The van der Waals surface area contributed by atoms with Crippen molar-refractivity contribution in [2.24, 2.45) is 12.8 Å². The molecule has 0 amide bonds. The minimum atomic E-state index is 0.0632. The molecule has 0 bridgehead atoms. The Balaban J connectivity index is 1.97. The molecule has 4 nitrogen and oxygen atoms in total. The number of hydrogen-bond donors (Lipinski definition) is 1. The first kappa shape index (κ1) is 11.8. The van der Waals surface area contributed by atoms with Crippen LogP contribution >= 0.6 is 0 Å². The number of aromatic nitrogens is 3. The third-order valence-electron chi connectivity index (χ3n) is 2.87. The Morgan fingerprint density at radius 1 is 1.29 bits per heavy atom. The third kappa shape index (κ3) is 2.91. The van der Waals surface area contributed by atoms with Crippen LogP contribution in [0, 0.1) is 6.92 Å². The normalized spacial score (nSPS) is 12.6. The fourth-order valence-corrected chi connectivity index (χ4v) is 1.93. The maximum Gasteiger partial charge on any atom is 0.147 e. The zero-order chi connectivity index (χ0) is 12.3. The van der Waals surface area contributed by atoms with Crippen LogP contribution in [0.15, 0.2) is 30.3 Å². The van der Waals surface area contributed by atoms with E-state index in [4.69, 9.17) is 5.73 Å². The van der Waals surface area contributed by atoms with Crippen LogP contribution in [0.2, 0.25) is 0 Å². The van der Waals surface area contributed by atoms with E-state index in [1.807, 2.05) is 36.9 Å². The zero-order valence-corrected chi connectivity index (χ0v) is 10.3. The van der Waals surface area contributed by atoms with Crippen molar-refractivity contribution in [3.63, 3.8) is 0 Å². The van der Waals surface area contributed by atoms with Gasteiger partial charge in [-0.1, -0.05) is 30.3 Å². The summed E-state index contributed by atoms with van der Waals surface area (Å²) >= 11 is 0. The molecule has 1 heterocycles. The maximum absolute atomic E-state index is 6.14. The van der Waals surface area contributed by atoms with E-state index in [0.717, 1.165) is 24.5 Å². The molecule has 17 heavy (non-hydrogen) atoms. The molecule has 1 atom stereocenters. The number of hydrogen-bond acceptors (Lipinski definition) is 3. The average Bonchev–Trinajstić information content (AvgIpc) is 2.66. The first-order valence-electron chi connectivity index (χ1n) is 5.84. The molecule has 0 aliphatic carbocycles. The Kier molecular flexibility index (Phi) is 3.54. The van der Waals surface area contributed by atoms with Crippen LogP contribution in [0.4, 0.5) is 0 Å². The van der Waals surface area contributed by atoms with Crippen LogP contribution in [-0.4, -0.2) is 14.8 Å². The maximum atomic E-state index is 6.14. The third-order valence-corrected chi connectivity index (χ3v) is 2.87. The molecule has 0 saturated heterocycles. The molecule has 0 radical (unpaired) electrons. The minimum Gasteiger partial charge on any atom is -0.324 e. The Morgan fingerprint density at radius 2 is 2.00 bits per heavy atom. The summed E-state index contributed by atoms with van der Waals surface area (Å²) in [5.41, 5.74) is 7.31. The highest BCUT2D eigenvalue weighted by Crippen LogP contribution is 2.15. The quantitative estimate of drug-likeness (QED) is 0.870. The molecule has 2 aromatic rings. The van der Waals surface area contributed by atoms with Crippen molar-refractivity contribution in [1.29, 1.82) is 0 Å². The molecular formula is C13H18N4. The number of aryl methyl sites for hydroxylation is 3. The summed E-state index contributed by atoms with van der Waals surface area (Å²) in [7, 11) is 1.92. The fourth-order valence-electron chi connectivity index (χ4n) is 1.93. The monoisotopic (exact) mass is 230 g/mol. The molecule has 2 N–H and O–H groups in total. The van der Waals surface area contributed by atoms with Crippen molar-refractivity contribution in [2.45, 2.75) is 25.8 Å². The highest BCUT2D eigenvalue weighted by Gasteiger charge is 2.09. The van der Waals surface area contributed by atoms with Crippen molar-refractivity contribution in [3.8, 4) is 0 Å². The van der Waals surface area contributed by atoms with Crippen LogP contribution in [-0.2, 0) is 13.5 Å². The van der Waals surface area contributed by atoms with Gasteiger partial charge in [-0.25, -0.2) is 4.98 Å². The van der Waals surface area contributed by atoms with Crippen molar-refractivity contribution >= 4 is 0 Å². The standard InChI is InChI=1S/C13H18N4/c1-10-15-13(17(2)16-10)9-8-12(14)11-6-4-3-5-7-11/h3-7,12H,8-9,14H2,1-2H3. The Hall–Kier alpha value is -1.68. The minimum absolute atomic E-state index is 0.0632. The molecule has 0 spiro atoms. The Morgan fingerprint density at radius 3 is 2.59 bits per heavy atom. The number of benzene rings is 1. The van der Waals surface area contributed by atoms with E-state index in [-0.39, 0.29) is 6.04 Å². The number of rotatable bonds is 4. The van der Waals surface area contributed by atoms with Gasteiger partial charge in [-0.2, -0.15) is 5.10 Å². The van der Waals surface area contributed by atoms with Gasteiger partial charge >= 0.3 is 0 Å². The van der Waals surface area contributed by atoms with Crippen LogP contribution in [0.25, 0.3) is 0 Å². The van der Waals surface area contributed by atoms with Crippen molar-refractivity contribution in [3.05, 3.63) is 47.5 Å².